The van der Waals surface area contributed by atoms with Gasteiger partial charge in [0.25, 0.3) is 0 Å². The molecule has 0 aliphatic rings. The first-order valence-electron chi connectivity index (χ1n) is 15.2. The molecule has 0 amide bonds. The van der Waals surface area contributed by atoms with Crippen molar-refractivity contribution in [1.82, 2.24) is 9.97 Å². The molecule has 0 atom stereocenters. The Balaban J connectivity index is 0.000000204. The average molecular weight is 787 g/mol. The maximum atomic E-state index is 7.34. The van der Waals surface area contributed by atoms with Gasteiger partial charge in [-0.1, -0.05) is 66.7 Å². The van der Waals surface area contributed by atoms with Gasteiger partial charge in [0, 0.05) is 26.3 Å². The standard InChI is InChI=1S/C23H16N.C15H18GeN.Ir/c1-3-7-18(8-4-1)19-11-13-20(14-12-19)22-15-16-23(24-17-22)21-9-5-2-6-10-21;1-12-5-10-15(17-11-12)13-6-8-14(9-7-13)16(2,3)4;/h1-9,11-17H;5-6,8-11H,1-4H3;/q2*-1;/i;1D3;. The van der Waals surface area contributed by atoms with Gasteiger partial charge in [-0.15, -0.1) is 35.9 Å². The predicted molar refractivity (Wildman–Crippen MR) is 176 cm³/mol. The van der Waals surface area contributed by atoms with Crippen LogP contribution in [-0.2, 0) is 20.1 Å². The molecule has 0 N–H and O–H groups in total. The first kappa shape index (κ1) is 27.2. The summed E-state index contributed by atoms with van der Waals surface area (Å²) in [7, 11) is 0. The van der Waals surface area contributed by atoms with Crippen molar-refractivity contribution in [2.75, 3.05) is 0 Å². The number of hydrogen-bond donors (Lipinski definition) is 0. The van der Waals surface area contributed by atoms with Gasteiger partial charge >= 0.3 is 110 Å². The second kappa shape index (κ2) is 14.5. The summed E-state index contributed by atoms with van der Waals surface area (Å²) in [6.45, 7) is -2.10. The maximum absolute atomic E-state index is 7.34. The van der Waals surface area contributed by atoms with E-state index in [-0.39, 0.29) is 25.7 Å². The van der Waals surface area contributed by atoms with Crippen LogP contribution in [0.25, 0.3) is 44.8 Å². The van der Waals surface area contributed by atoms with Crippen molar-refractivity contribution >= 4 is 17.7 Å². The van der Waals surface area contributed by atoms with Crippen molar-refractivity contribution < 1.29 is 24.2 Å². The quantitative estimate of drug-likeness (QED) is 0.129. The summed E-state index contributed by atoms with van der Waals surface area (Å²) in [5, 5.41) is 0. The van der Waals surface area contributed by atoms with Gasteiger partial charge in [0.2, 0.25) is 0 Å². The van der Waals surface area contributed by atoms with Crippen molar-refractivity contribution in [3.05, 3.63) is 151 Å². The first-order valence-corrected chi connectivity index (χ1v) is 21.0. The molecule has 211 valence electrons. The summed E-state index contributed by atoms with van der Waals surface area (Å²) in [5.74, 6) is 7.02. The van der Waals surface area contributed by atoms with E-state index in [1.54, 1.807) is 12.1 Å². The molecule has 0 aliphatic carbocycles. The van der Waals surface area contributed by atoms with E-state index in [2.05, 4.69) is 106 Å². The molecule has 1 radical (unpaired) electrons. The summed E-state index contributed by atoms with van der Waals surface area (Å²) >= 11 is -1.81. The van der Waals surface area contributed by atoms with Gasteiger partial charge in [0.15, 0.2) is 0 Å². The van der Waals surface area contributed by atoms with Gasteiger partial charge in [-0.25, -0.2) is 0 Å². The maximum Gasteiger partial charge on any atom is 0.0239 e. The third-order valence-corrected chi connectivity index (χ3v) is 11.1. The number of rotatable bonds is 5. The van der Waals surface area contributed by atoms with E-state index in [4.69, 9.17) is 4.11 Å². The van der Waals surface area contributed by atoms with Crippen LogP contribution in [0.4, 0.5) is 0 Å². The zero-order valence-electron chi connectivity index (χ0n) is 26.9. The third kappa shape index (κ3) is 8.23. The molecule has 4 aromatic carbocycles. The normalized spacial score (nSPS) is 12.0. The molecule has 42 heavy (non-hydrogen) atoms. The van der Waals surface area contributed by atoms with Gasteiger partial charge in [0.1, 0.15) is 0 Å². The summed E-state index contributed by atoms with van der Waals surface area (Å²) < 4.78 is 23.4. The van der Waals surface area contributed by atoms with E-state index in [0.29, 0.717) is 0 Å². The van der Waals surface area contributed by atoms with Crippen LogP contribution >= 0.6 is 0 Å². The molecule has 0 bridgehead atoms. The Bertz CT molecular complexity index is 1630. The number of pyridine rings is 2. The molecule has 6 aromatic rings. The van der Waals surface area contributed by atoms with Crippen LogP contribution in [0, 0.1) is 19.0 Å². The van der Waals surface area contributed by atoms with Crippen LogP contribution in [-0.4, -0.2) is 23.2 Å². The molecule has 4 heteroatoms. The number of hydrogen-bond acceptors (Lipinski definition) is 2. The third-order valence-electron chi connectivity index (χ3n) is 6.79. The zero-order valence-corrected chi connectivity index (χ0v) is 28.4. The van der Waals surface area contributed by atoms with Crippen LogP contribution in [0.15, 0.2) is 134 Å². The van der Waals surface area contributed by atoms with E-state index < -0.39 is 20.1 Å². The predicted octanol–water partition coefficient (Wildman–Crippen LogP) is 9.28. The van der Waals surface area contributed by atoms with E-state index in [1.165, 1.54) is 27.3 Å². The Morgan fingerprint density at radius 2 is 1.17 bits per heavy atom. The Labute approximate surface area is 270 Å². The smallest absolute Gasteiger partial charge is 0.0239 e. The molecule has 0 saturated heterocycles. The van der Waals surface area contributed by atoms with Gasteiger partial charge in [0.05, 0.1) is 0 Å². The molecule has 2 nitrogen and oxygen atoms in total. The fourth-order valence-electron chi connectivity index (χ4n) is 4.37. The number of nitrogens with zero attached hydrogens (tertiary/aromatic N) is 2. The Morgan fingerprint density at radius 3 is 1.69 bits per heavy atom. The van der Waals surface area contributed by atoms with Crippen LogP contribution in [0.2, 0.25) is 17.3 Å². The average Bonchev–Trinajstić information content (AvgIpc) is 3.05. The molecule has 6 rings (SSSR count). The van der Waals surface area contributed by atoms with E-state index in [1.807, 2.05) is 48.7 Å². The van der Waals surface area contributed by atoms with Crippen molar-refractivity contribution in [1.29, 1.82) is 0 Å². The minimum atomic E-state index is -2.10. The topological polar surface area (TPSA) is 25.8 Å². The van der Waals surface area contributed by atoms with E-state index >= 15 is 0 Å². The Hall–Kier alpha value is -3.63. The van der Waals surface area contributed by atoms with E-state index in [9.17, 15) is 0 Å². The second-order valence-electron chi connectivity index (χ2n) is 10.8. The van der Waals surface area contributed by atoms with Crippen molar-refractivity contribution in [3.8, 4) is 44.8 Å². The van der Waals surface area contributed by atoms with Crippen LogP contribution in [0.1, 0.15) is 9.68 Å². The van der Waals surface area contributed by atoms with Crippen molar-refractivity contribution in [3.63, 3.8) is 0 Å². The molecule has 2 aromatic heterocycles. The molecule has 0 unspecified atom stereocenters. The molecular weight excluding hydrogens is 749 g/mol. The fourth-order valence-corrected chi connectivity index (χ4v) is 6.65. The second-order valence-corrected chi connectivity index (χ2v) is 21.5. The number of benzene rings is 4. The monoisotopic (exact) mass is 788 g/mol. The summed E-state index contributed by atoms with van der Waals surface area (Å²) in [4.78, 5) is 8.81. The summed E-state index contributed by atoms with van der Waals surface area (Å²) in [6.07, 6.45) is 3.35. The summed E-state index contributed by atoms with van der Waals surface area (Å²) in [5.41, 5.74) is 8.63. The van der Waals surface area contributed by atoms with Crippen LogP contribution in [0.5, 0.6) is 0 Å². The molecule has 0 aliphatic heterocycles. The fraction of sp³-hybridized carbons (Fsp3) is 0.105. The minimum absolute atomic E-state index is 0. The van der Waals surface area contributed by atoms with Crippen molar-refractivity contribution in [2.24, 2.45) is 0 Å². The largest absolute Gasteiger partial charge is 0.304 e. The Morgan fingerprint density at radius 1 is 0.571 bits per heavy atom. The van der Waals surface area contributed by atoms with E-state index in [0.717, 1.165) is 28.1 Å². The van der Waals surface area contributed by atoms with Gasteiger partial charge in [-0.05, 0) is 27.9 Å². The zero-order chi connectivity index (χ0) is 31.2. The molecule has 2 heterocycles. The molecule has 0 fully saturated rings. The molecule has 0 spiro atoms. The van der Waals surface area contributed by atoms with Gasteiger partial charge in [-0.3, -0.25) is 0 Å². The molecule has 0 saturated carbocycles. The first-order chi connectivity index (χ1) is 21.1. The van der Waals surface area contributed by atoms with Crippen LogP contribution in [0.3, 0.4) is 0 Å². The number of aromatic nitrogens is 2. The van der Waals surface area contributed by atoms with Gasteiger partial charge in [-0.2, -0.15) is 0 Å². The number of aryl methyl sites for hydroxylation is 1. The minimum Gasteiger partial charge on any atom is -0.304 e. The SMILES string of the molecule is [2H]C([2H])([2H])c1ccc(-c2[c-]c[c]([Ge]([CH3])([CH3])[CH3])cc2)nc1.[Ir].[c-]1ccccc1-c1ccc(-c2ccc(-c3ccccc3)cc2)cn1. The van der Waals surface area contributed by atoms with Crippen LogP contribution < -0.4 is 4.40 Å². The molecular formula is C38H34GeIrN2-2. The Kier molecular flexibility index (Phi) is 9.40. The van der Waals surface area contributed by atoms with Crippen molar-refractivity contribution in [2.45, 2.75) is 24.1 Å². The summed E-state index contributed by atoms with van der Waals surface area (Å²) in [6, 6.07) is 47.1. The van der Waals surface area contributed by atoms with Gasteiger partial charge < -0.3 is 4.98 Å².